The SMILES string of the molecule is COc1ccc(C(CNC(=O)c2nc(SC)ncc2Cl)N2CCCC2)cc1. The van der Waals surface area contributed by atoms with Crippen LogP contribution in [0.2, 0.25) is 5.02 Å². The molecule has 144 valence electrons. The molecule has 0 saturated carbocycles. The molecule has 1 N–H and O–H groups in total. The van der Waals surface area contributed by atoms with Gasteiger partial charge < -0.3 is 10.1 Å². The number of methoxy groups -OCH3 is 1. The predicted octanol–water partition coefficient (Wildman–Crippen LogP) is 3.43. The van der Waals surface area contributed by atoms with Crippen LogP contribution in [0.3, 0.4) is 0 Å². The number of carbonyl (C=O) groups is 1. The first-order valence-corrected chi connectivity index (χ1v) is 10.5. The number of hydrogen-bond acceptors (Lipinski definition) is 6. The number of carbonyl (C=O) groups excluding carboxylic acids is 1. The average molecular weight is 407 g/mol. The van der Waals surface area contributed by atoms with Crippen molar-refractivity contribution in [2.24, 2.45) is 0 Å². The largest absolute Gasteiger partial charge is 0.497 e. The zero-order valence-electron chi connectivity index (χ0n) is 15.4. The molecule has 6 nitrogen and oxygen atoms in total. The Morgan fingerprint density at radius 3 is 2.67 bits per heavy atom. The molecule has 1 saturated heterocycles. The molecule has 2 aromatic rings. The molecule has 1 aliphatic rings. The quantitative estimate of drug-likeness (QED) is 0.561. The summed E-state index contributed by atoms with van der Waals surface area (Å²) in [7, 11) is 1.65. The molecule has 1 unspecified atom stereocenters. The number of halogens is 1. The smallest absolute Gasteiger partial charge is 0.271 e. The minimum atomic E-state index is -0.282. The lowest BCUT2D eigenvalue weighted by molar-refractivity contribution is 0.0932. The van der Waals surface area contributed by atoms with E-state index in [1.54, 1.807) is 7.11 Å². The summed E-state index contributed by atoms with van der Waals surface area (Å²) in [6.07, 6.45) is 5.68. The van der Waals surface area contributed by atoms with E-state index in [2.05, 4.69) is 32.3 Å². The van der Waals surface area contributed by atoms with Crippen LogP contribution in [0.4, 0.5) is 0 Å². The number of likely N-dealkylation sites (tertiary alicyclic amines) is 1. The van der Waals surface area contributed by atoms with Crippen molar-refractivity contribution in [3.8, 4) is 5.75 Å². The van der Waals surface area contributed by atoms with Crippen LogP contribution >= 0.6 is 23.4 Å². The molecule has 2 heterocycles. The molecular formula is C19H23ClN4O2S. The summed E-state index contributed by atoms with van der Waals surface area (Å²) in [5.41, 5.74) is 1.36. The van der Waals surface area contributed by atoms with Crippen LogP contribution in [0.25, 0.3) is 0 Å². The number of nitrogens with zero attached hydrogens (tertiary/aromatic N) is 3. The normalized spacial score (nSPS) is 15.5. The van der Waals surface area contributed by atoms with E-state index < -0.39 is 0 Å². The molecular weight excluding hydrogens is 384 g/mol. The fourth-order valence-electron chi connectivity index (χ4n) is 3.22. The van der Waals surface area contributed by atoms with Crippen LogP contribution in [-0.4, -0.2) is 53.8 Å². The Bertz CT molecular complexity index is 782. The lowest BCUT2D eigenvalue weighted by Crippen LogP contribution is -2.37. The second-order valence-corrected chi connectivity index (χ2v) is 7.48. The van der Waals surface area contributed by atoms with Crippen molar-refractivity contribution in [3.05, 3.63) is 46.7 Å². The number of aromatic nitrogens is 2. The van der Waals surface area contributed by atoms with Gasteiger partial charge in [0.15, 0.2) is 10.9 Å². The summed E-state index contributed by atoms with van der Waals surface area (Å²) in [4.78, 5) is 23.4. The van der Waals surface area contributed by atoms with E-state index in [1.807, 2.05) is 18.4 Å². The molecule has 0 spiro atoms. The maximum Gasteiger partial charge on any atom is 0.271 e. The van der Waals surface area contributed by atoms with Gasteiger partial charge in [-0.25, -0.2) is 9.97 Å². The van der Waals surface area contributed by atoms with Gasteiger partial charge in [0, 0.05) is 6.54 Å². The number of hydrogen-bond donors (Lipinski definition) is 1. The lowest BCUT2D eigenvalue weighted by atomic mass is 10.1. The number of rotatable bonds is 7. The van der Waals surface area contributed by atoms with Gasteiger partial charge in [0.05, 0.1) is 24.4 Å². The minimum Gasteiger partial charge on any atom is -0.497 e. The highest BCUT2D eigenvalue weighted by molar-refractivity contribution is 7.98. The Morgan fingerprint density at radius 2 is 2.04 bits per heavy atom. The Balaban J connectivity index is 1.75. The summed E-state index contributed by atoms with van der Waals surface area (Å²) >= 11 is 7.49. The summed E-state index contributed by atoms with van der Waals surface area (Å²) in [6.45, 7) is 2.54. The van der Waals surface area contributed by atoms with E-state index in [4.69, 9.17) is 16.3 Å². The highest BCUT2D eigenvalue weighted by Gasteiger charge is 2.25. The molecule has 8 heteroatoms. The van der Waals surface area contributed by atoms with Gasteiger partial charge in [-0.05, 0) is 49.9 Å². The van der Waals surface area contributed by atoms with Gasteiger partial charge in [-0.2, -0.15) is 0 Å². The maximum atomic E-state index is 12.7. The summed E-state index contributed by atoms with van der Waals surface area (Å²) in [5, 5.41) is 3.78. The van der Waals surface area contributed by atoms with E-state index >= 15 is 0 Å². The first kappa shape index (κ1) is 19.9. The van der Waals surface area contributed by atoms with Gasteiger partial charge >= 0.3 is 0 Å². The van der Waals surface area contributed by atoms with Gasteiger partial charge in [-0.1, -0.05) is 35.5 Å². The second kappa shape index (κ2) is 9.39. The van der Waals surface area contributed by atoms with E-state index in [-0.39, 0.29) is 22.7 Å². The van der Waals surface area contributed by atoms with Gasteiger partial charge in [0.2, 0.25) is 0 Å². The summed E-state index contributed by atoms with van der Waals surface area (Å²) < 4.78 is 5.25. The first-order chi connectivity index (χ1) is 13.1. The van der Waals surface area contributed by atoms with Gasteiger partial charge in [0.25, 0.3) is 5.91 Å². The van der Waals surface area contributed by atoms with Crippen molar-refractivity contribution in [1.29, 1.82) is 0 Å². The Labute approximate surface area is 168 Å². The number of thioether (sulfide) groups is 1. The molecule has 1 aromatic carbocycles. The van der Waals surface area contributed by atoms with Crippen molar-refractivity contribution in [1.82, 2.24) is 20.2 Å². The Hall–Kier alpha value is -1.83. The standard InChI is InChI=1S/C19H23ClN4O2S/c1-26-14-7-5-13(6-8-14)16(24-9-3-4-10-24)12-21-18(25)17-15(20)11-22-19(23-17)27-2/h5-8,11,16H,3-4,9-10,12H2,1-2H3,(H,21,25). The summed E-state index contributed by atoms with van der Waals surface area (Å²) in [6, 6.07) is 8.11. The van der Waals surface area contributed by atoms with Crippen molar-refractivity contribution >= 4 is 29.3 Å². The van der Waals surface area contributed by atoms with Gasteiger partial charge in [-0.3, -0.25) is 9.69 Å². The fraction of sp³-hybridized carbons (Fsp3) is 0.421. The molecule has 1 atom stereocenters. The van der Waals surface area contributed by atoms with Gasteiger partial charge in [-0.15, -0.1) is 0 Å². The highest BCUT2D eigenvalue weighted by Crippen LogP contribution is 2.26. The predicted molar refractivity (Wildman–Crippen MR) is 108 cm³/mol. The molecule has 27 heavy (non-hydrogen) atoms. The molecule has 1 amide bonds. The zero-order valence-corrected chi connectivity index (χ0v) is 17.0. The third-order valence-electron chi connectivity index (χ3n) is 4.66. The maximum absolute atomic E-state index is 12.7. The zero-order chi connectivity index (χ0) is 19.2. The Kier molecular flexibility index (Phi) is 6.93. The fourth-order valence-corrected chi connectivity index (χ4v) is 3.74. The van der Waals surface area contributed by atoms with Crippen LogP contribution in [-0.2, 0) is 0 Å². The minimum absolute atomic E-state index is 0.1000. The van der Waals surface area contributed by atoms with Crippen LogP contribution in [0.15, 0.2) is 35.6 Å². The van der Waals surface area contributed by atoms with E-state index in [1.165, 1.54) is 30.8 Å². The van der Waals surface area contributed by atoms with Crippen molar-refractivity contribution in [3.63, 3.8) is 0 Å². The van der Waals surface area contributed by atoms with Crippen LogP contribution < -0.4 is 10.1 Å². The molecule has 0 bridgehead atoms. The molecule has 1 aliphatic heterocycles. The topological polar surface area (TPSA) is 67.3 Å². The second-order valence-electron chi connectivity index (χ2n) is 6.30. The number of benzene rings is 1. The average Bonchev–Trinajstić information content (AvgIpc) is 3.23. The van der Waals surface area contributed by atoms with Gasteiger partial charge in [0.1, 0.15) is 5.75 Å². The molecule has 0 radical (unpaired) electrons. The monoisotopic (exact) mass is 406 g/mol. The van der Waals surface area contributed by atoms with Crippen LogP contribution in [0.5, 0.6) is 5.75 Å². The third kappa shape index (κ3) is 4.91. The lowest BCUT2D eigenvalue weighted by Gasteiger charge is -2.28. The van der Waals surface area contributed by atoms with Crippen molar-refractivity contribution < 1.29 is 9.53 Å². The highest BCUT2D eigenvalue weighted by atomic mass is 35.5. The van der Waals surface area contributed by atoms with Crippen LogP contribution in [0, 0.1) is 0 Å². The van der Waals surface area contributed by atoms with E-state index in [0.717, 1.165) is 24.4 Å². The van der Waals surface area contributed by atoms with Crippen molar-refractivity contribution in [2.45, 2.75) is 24.0 Å². The number of amides is 1. The van der Waals surface area contributed by atoms with Crippen molar-refractivity contribution in [2.75, 3.05) is 33.0 Å². The molecule has 0 aliphatic carbocycles. The summed E-state index contributed by atoms with van der Waals surface area (Å²) in [5.74, 6) is 0.538. The molecule has 1 fully saturated rings. The first-order valence-electron chi connectivity index (χ1n) is 8.85. The van der Waals surface area contributed by atoms with Crippen LogP contribution in [0.1, 0.15) is 34.9 Å². The third-order valence-corrected chi connectivity index (χ3v) is 5.50. The Morgan fingerprint density at radius 1 is 1.33 bits per heavy atom. The van der Waals surface area contributed by atoms with E-state index in [9.17, 15) is 4.79 Å². The van der Waals surface area contributed by atoms with E-state index in [0.29, 0.717) is 11.7 Å². The number of ether oxygens (including phenoxy) is 1. The number of nitrogens with one attached hydrogen (secondary N) is 1. The molecule has 1 aromatic heterocycles. The molecule has 3 rings (SSSR count).